The lowest BCUT2D eigenvalue weighted by Gasteiger charge is -2.29. The van der Waals surface area contributed by atoms with E-state index in [1.54, 1.807) is 29.2 Å². The van der Waals surface area contributed by atoms with Crippen LogP contribution < -0.4 is 4.90 Å². The van der Waals surface area contributed by atoms with Crippen molar-refractivity contribution in [1.82, 2.24) is 0 Å². The molecule has 0 amide bonds. The van der Waals surface area contributed by atoms with E-state index in [-0.39, 0.29) is 11.3 Å². The second kappa shape index (κ2) is 12.7. The Bertz CT molecular complexity index is 1300. The van der Waals surface area contributed by atoms with E-state index < -0.39 is 11.5 Å². The molecule has 3 aromatic rings. The highest BCUT2D eigenvalue weighted by Crippen LogP contribution is 2.33. The van der Waals surface area contributed by atoms with Crippen LogP contribution in [0.3, 0.4) is 0 Å². The summed E-state index contributed by atoms with van der Waals surface area (Å²) in [5, 5.41) is 32.3. The Morgan fingerprint density at radius 2 is 1.39 bits per heavy atom. The van der Waals surface area contributed by atoms with E-state index >= 15 is 0 Å². The van der Waals surface area contributed by atoms with Crippen LogP contribution in [-0.2, 0) is 0 Å². The van der Waals surface area contributed by atoms with E-state index in [1.165, 1.54) is 0 Å². The number of benzene rings is 3. The second-order valence-corrected chi connectivity index (χ2v) is 7.94. The van der Waals surface area contributed by atoms with Crippen molar-refractivity contribution in [3.8, 4) is 11.1 Å². The fourth-order valence-electron chi connectivity index (χ4n) is 3.75. The highest BCUT2D eigenvalue weighted by Gasteiger charge is 2.23. The van der Waals surface area contributed by atoms with Crippen LogP contribution in [0.25, 0.3) is 16.7 Å². The number of hydrogen-bond donors (Lipinski definition) is 3. The first-order chi connectivity index (χ1) is 17.5. The Hall–Kier alpha value is -4.70. The Morgan fingerprint density at radius 3 is 1.94 bits per heavy atom. The summed E-state index contributed by atoms with van der Waals surface area (Å²) in [4.78, 5) is 1.70. The van der Waals surface area contributed by atoms with Crippen LogP contribution in [-0.4, -0.2) is 15.3 Å². The highest BCUT2D eigenvalue weighted by atomic mass is 16.3. The lowest BCUT2D eigenvalue weighted by molar-refractivity contribution is 0.343. The lowest BCUT2D eigenvalue weighted by Crippen LogP contribution is -2.24. The van der Waals surface area contributed by atoms with Crippen molar-refractivity contribution in [2.75, 3.05) is 4.90 Å². The fraction of sp³-hybridized carbons (Fsp3) is 0.0625. The van der Waals surface area contributed by atoms with E-state index in [4.69, 9.17) is 0 Å². The summed E-state index contributed by atoms with van der Waals surface area (Å²) in [6.07, 6.45) is 8.52. The molecule has 0 unspecified atom stereocenters. The third kappa shape index (κ3) is 6.05. The first-order valence-electron chi connectivity index (χ1n) is 11.7. The minimum absolute atomic E-state index is 0.0112. The average molecular weight is 478 g/mol. The molecule has 0 bridgehead atoms. The lowest BCUT2D eigenvalue weighted by atomic mass is 10.0. The average Bonchev–Trinajstić information content (AvgIpc) is 2.94. The van der Waals surface area contributed by atoms with Crippen LogP contribution in [0.1, 0.15) is 18.9 Å². The molecule has 0 fully saturated rings. The van der Waals surface area contributed by atoms with Gasteiger partial charge in [-0.3, -0.25) is 0 Å². The van der Waals surface area contributed by atoms with Crippen LogP contribution in [0, 0.1) is 0 Å². The Balaban J connectivity index is 2.11. The van der Waals surface area contributed by atoms with Crippen LogP contribution in [0.4, 0.5) is 5.69 Å². The molecule has 0 atom stereocenters. The molecule has 3 aromatic carbocycles. The van der Waals surface area contributed by atoms with Crippen LogP contribution >= 0.6 is 0 Å². The molecule has 0 heterocycles. The van der Waals surface area contributed by atoms with Gasteiger partial charge in [0, 0.05) is 17.0 Å². The van der Waals surface area contributed by atoms with Gasteiger partial charge in [0.25, 0.3) is 0 Å². The third-order valence-electron chi connectivity index (χ3n) is 5.66. The third-order valence-corrected chi connectivity index (χ3v) is 5.66. The number of allylic oxidation sites excluding steroid dienone is 6. The van der Waals surface area contributed by atoms with Gasteiger partial charge in [-0.25, -0.2) is 0 Å². The van der Waals surface area contributed by atoms with E-state index in [2.05, 4.69) is 13.2 Å². The van der Waals surface area contributed by atoms with Gasteiger partial charge in [-0.2, -0.15) is 0 Å². The van der Waals surface area contributed by atoms with Gasteiger partial charge in [-0.1, -0.05) is 111 Å². The molecular weight excluding hydrogens is 446 g/mol. The molecule has 0 aliphatic rings. The first kappa shape index (κ1) is 25.9. The number of nitrogens with zero attached hydrogens (tertiary/aromatic N) is 1. The maximum Gasteiger partial charge on any atom is 0.185 e. The van der Waals surface area contributed by atoms with Crippen molar-refractivity contribution < 1.29 is 15.3 Å². The van der Waals surface area contributed by atoms with Crippen LogP contribution in [0.15, 0.2) is 152 Å². The Kier molecular flexibility index (Phi) is 9.12. The van der Waals surface area contributed by atoms with Gasteiger partial charge in [-0.15, -0.1) is 0 Å². The first-order valence-corrected chi connectivity index (χ1v) is 11.7. The topological polar surface area (TPSA) is 63.9 Å². The molecule has 182 valence electrons. The predicted molar refractivity (Wildman–Crippen MR) is 151 cm³/mol. The molecule has 0 aliphatic heterocycles. The standard InChI is InChI=1S/C32H31NO3/c1-4-6-9-18-28(5-2)33(29-21-19-27(20-22-29)26-16-12-8-13-17-26)30(23-34)32(36)31(35)24(3)25-14-10-7-11-15-25/h4,6-23,34-36H,1,3,5H2,2H3/b9-6-,28-18+,30-23-,32-31-. The quantitative estimate of drug-likeness (QED) is 0.202. The van der Waals surface area contributed by atoms with E-state index in [1.807, 2.05) is 91.9 Å². The molecule has 3 N–H and O–H groups in total. The summed E-state index contributed by atoms with van der Waals surface area (Å²) in [5.74, 6) is -0.921. The molecule has 0 spiro atoms. The molecular formula is C32H31NO3. The van der Waals surface area contributed by atoms with Gasteiger partial charge >= 0.3 is 0 Å². The molecule has 0 aliphatic carbocycles. The van der Waals surface area contributed by atoms with Gasteiger partial charge in [0.1, 0.15) is 12.0 Å². The number of aliphatic hydroxyl groups is 3. The summed E-state index contributed by atoms with van der Waals surface area (Å²) in [6, 6.07) is 26.8. The number of rotatable bonds is 10. The molecule has 4 nitrogen and oxygen atoms in total. The van der Waals surface area contributed by atoms with Crippen LogP contribution in [0.5, 0.6) is 0 Å². The molecule has 3 rings (SSSR count). The van der Waals surface area contributed by atoms with Gasteiger partial charge in [-0.05, 0) is 41.3 Å². The predicted octanol–water partition coefficient (Wildman–Crippen LogP) is 8.64. The molecule has 36 heavy (non-hydrogen) atoms. The molecule has 0 saturated heterocycles. The SMILES string of the molecule is C=C/C=C\C=C(/CC)N(C(=C\O)/C(O)=C(/O)C(=C)c1ccccc1)c1ccc(-c2ccccc2)cc1. The smallest absolute Gasteiger partial charge is 0.185 e. The van der Waals surface area contributed by atoms with Crippen molar-refractivity contribution in [1.29, 1.82) is 0 Å². The molecule has 0 saturated carbocycles. The highest BCUT2D eigenvalue weighted by molar-refractivity contribution is 5.77. The number of hydrogen-bond acceptors (Lipinski definition) is 4. The monoisotopic (exact) mass is 477 g/mol. The summed E-state index contributed by atoms with van der Waals surface area (Å²) in [7, 11) is 0. The van der Waals surface area contributed by atoms with E-state index in [9.17, 15) is 15.3 Å². The van der Waals surface area contributed by atoms with Gasteiger partial charge in [0.05, 0.1) is 0 Å². The second-order valence-electron chi connectivity index (χ2n) is 7.94. The van der Waals surface area contributed by atoms with Gasteiger partial charge < -0.3 is 20.2 Å². The minimum atomic E-state index is -0.495. The van der Waals surface area contributed by atoms with Crippen molar-refractivity contribution in [2.24, 2.45) is 0 Å². The Morgan fingerprint density at radius 1 is 0.806 bits per heavy atom. The summed E-state index contributed by atoms with van der Waals surface area (Å²) in [6.45, 7) is 9.61. The van der Waals surface area contributed by atoms with Gasteiger partial charge in [0.2, 0.25) is 0 Å². The zero-order valence-corrected chi connectivity index (χ0v) is 20.4. The number of aliphatic hydroxyl groups excluding tert-OH is 3. The van der Waals surface area contributed by atoms with Crippen molar-refractivity contribution in [3.63, 3.8) is 0 Å². The molecule has 4 heteroatoms. The normalized spacial score (nSPS) is 12.8. The maximum absolute atomic E-state index is 11.1. The zero-order valence-electron chi connectivity index (χ0n) is 20.4. The molecule has 0 aromatic heterocycles. The fourth-order valence-corrected chi connectivity index (χ4v) is 3.75. The summed E-state index contributed by atoms with van der Waals surface area (Å²) in [5.41, 5.74) is 4.47. The van der Waals surface area contributed by atoms with E-state index in [0.29, 0.717) is 17.7 Å². The largest absolute Gasteiger partial charge is 0.513 e. The van der Waals surface area contributed by atoms with E-state index in [0.717, 1.165) is 23.1 Å². The maximum atomic E-state index is 11.1. The Labute approximate surface area is 213 Å². The molecule has 0 radical (unpaired) electrons. The summed E-state index contributed by atoms with van der Waals surface area (Å²) < 4.78 is 0. The van der Waals surface area contributed by atoms with Crippen molar-refractivity contribution in [3.05, 3.63) is 157 Å². The zero-order chi connectivity index (χ0) is 25.9. The van der Waals surface area contributed by atoms with Crippen LogP contribution in [0.2, 0.25) is 0 Å². The van der Waals surface area contributed by atoms with Gasteiger partial charge in [0.15, 0.2) is 11.5 Å². The summed E-state index contributed by atoms with van der Waals surface area (Å²) >= 11 is 0. The van der Waals surface area contributed by atoms with Crippen molar-refractivity contribution in [2.45, 2.75) is 13.3 Å². The minimum Gasteiger partial charge on any atom is -0.513 e. The van der Waals surface area contributed by atoms with Crippen molar-refractivity contribution >= 4 is 11.3 Å². The number of anilines is 1.